The SMILES string of the molecule is COc1cccc(OCCNC(=O)c2ccc(-n3cccn3)cc2)c1. The Labute approximate surface area is 146 Å². The third-order valence-electron chi connectivity index (χ3n) is 3.60. The molecular formula is C19H19N3O3. The summed E-state index contributed by atoms with van der Waals surface area (Å²) in [7, 11) is 1.61. The van der Waals surface area contributed by atoms with Crippen LogP contribution in [0.5, 0.6) is 11.5 Å². The van der Waals surface area contributed by atoms with Crippen molar-refractivity contribution in [3.8, 4) is 17.2 Å². The molecule has 0 saturated heterocycles. The molecule has 0 unspecified atom stereocenters. The lowest BCUT2D eigenvalue weighted by atomic mass is 10.2. The number of hydrogen-bond acceptors (Lipinski definition) is 4. The minimum atomic E-state index is -0.138. The number of ether oxygens (including phenoxy) is 2. The highest BCUT2D eigenvalue weighted by molar-refractivity contribution is 5.94. The average molecular weight is 337 g/mol. The Hall–Kier alpha value is -3.28. The van der Waals surface area contributed by atoms with E-state index in [4.69, 9.17) is 9.47 Å². The van der Waals surface area contributed by atoms with E-state index in [1.807, 2.05) is 42.6 Å². The third-order valence-corrected chi connectivity index (χ3v) is 3.60. The number of methoxy groups -OCH3 is 1. The van der Waals surface area contributed by atoms with Gasteiger partial charge in [0.2, 0.25) is 0 Å². The van der Waals surface area contributed by atoms with Gasteiger partial charge in [0.1, 0.15) is 18.1 Å². The molecule has 2 aromatic carbocycles. The molecule has 1 amide bonds. The molecule has 0 fully saturated rings. The van der Waals surface area contributed by atoms with E-state index in [0.29, 0.717) is 24.5 Å². The van der Waals surface area contributed by atoms with Gasteiger partial charge in [0.25, 0.3) is 5.91 Å². The van der Waals surface area contributed by atoms with Gasteiger partial charge in [-0.05, 0) is 42.5 Å². The molecule has 6 heteroatoms. The fourth-order valence-electron chi connectivity index (χ4n) is 2.31. The van der Waals surface area contributed by atoms with Crippen molar-refractivity contribution < 1.29 is 14.3 Å². The maximum atomic E-state index is 12.1. The minimum absolute atomic E-state index is 0.138. The molecule has 0 aliphatic heterocycles. The van der Waals surface area contributed by atoms with Crippen molar-refractivity contribution in [2.24, 2.45) is 0 Å². The summed E-state index contributed by atoms with van der Waals surface area (Å²) >= 11 is 0. The highest BCUT2D eigenvalue weighted by atomic mass is 16.5. The van der Waals surface area contributed by atoms with Crippen LogP contribution in [0.1, 0.15) is 10.4 Å². The Morgan fingerprint density at radius 1 is 1.12 bits per heavy atom. The van der Waals surface area contributed by atoms with Gasteiger partial charge in [0.05, 0.1) is 19.3 Å². The molecule has 0 bridgehead atoms. The Morgan fingerprint density at radius 3 is 2.64 bits per heavy atom. The molecule has 128 valence electrons. The number of carbonyl (C=O) groups excluding carboxylic acids is 1. The lowest BCUT2D eigenvalue weighted by Crippen LogP contribution is -2.28. The van der Waals surface area contributed by atoms with Crippen LogP contribution in [0.15, 0.2) is 67.0 Å². The van der Waals surface area contributed by atoms with E-state index in [9.17, 15) is 4.79 Å². The molecule has 0 radical (unpaired) electrons. The van der Waals surface area contributed by atoms with Crippen molar-refractivity contribution in [2.45, 2.75) is 0 Å². The van der Waals surface area contributed by atoms with Crippen LogP contribution in [0.4, 0.5) is 0 Å². The summed E-state index contributed by atoms with van der Waals surface area (Å²) in [6.45, 7) is 0.793. The van der Waals surface area contributed by atoms with E-state index in [0.717, 1.165) is 11.4 Å². The van der Waals surface area contributed by atoms with E-state index in [-0.39, 0.29) is 5.91 Å². The molecule has 0 spiro atoms. The standard InChI is InChI=1S/C19H19N3O3/c1-24-17-4-2-5-18(14-17)25-13-11-20-19(23)15-6-8-16(9-7-15)22-12-3-10-21-22/h2-10,12,14H,11,13H2,1H3,(H,20,23). The smallest absolute Gasteiger partial charge is 0.251 e. The lowest BCUT2D eigenvalue weighted by Gasteiger charge is -2.09. The van der Waals surface area contributed by atoms with E-state index in [2.05, 4.69) is 10.4 Å². The summed E-state index contributed by atoms with van der Waals surface area (Å²) < 4.78 is 12.5. The lowest BCUT2D eigenvalue weighted by molar-refractivity contribution is 0.0947. The maximum Gasteiger partial charge on any atom is 0.251 e. The summed E-state index contributed by atoms with van der Waals surface area (Å²) in [5.74, 6) is 1.30. The molecule has 1 aromatic heterocycles. The second-order valence-corrected chi connectivity index (χ2v) is 5.28. The minimum Gasteiger partial charge on any atom is -0.497 e. The number of rotatable bonds is 7. The number of amides is 1. The molecule has 3 aromatic rings. The molecule has 25 heavy (non-hydrogen) atoms. The Bertz CT molecular complexity index is 814. The second-order valence-electron chi connectivity index (χ2n) is 5.28. The molecule has 0 aliphatic rings. The molecular weight excluding hydrogens is 318 g/mol. The molecule has 1 N–H and O–H groups in total. The highest BCUT2D eigenvalue weighted by Crippen LogP contribution is 2.18. The zero-order valence-electron chi connectivity index (χ0n) is 13.9. The first-order valence-electron chi connectivity index (χ1n) is 7.91. The monoisotopic (exact) mass is 337 g/mol. The molecule has 0 aliphatic carbocycles. The first-order valence-corrected chi connectivity index (χ1v) is 7.91. The van der Waals surface area contributed by atoms with Crippen molar-refractivity contribution >= 4 is 5.91 Å². The van der Waals surface area contributed by atoms with Gasteiger partial charge in [0.15, 0.2) is 0 Å². The Morgan fingerprint density at radius 2 is 1.92 bits per heavy atom. The van der Waals surface area contributed by atoms with Crippen LogP contribution in [0.3, 0.4) is 0 Å². The van der Waals surface area contributed by atoms with Crippen LogP contribution < -0.4 is 14.8 Å². The van der Waals surface area contributed by atoms with E-state index in [1.165, 1.54) is 0 Å². The van der Waals surface area contributed by atoms with Crippen LogP contribution in [0.2, 0.25) is 0 Å². The summed E-state index contributed by atoms with van der Waals surface area (Å²) in [4.78, 5) is 12.1. The van der Waals surface area contributed by atoms with Crippen molar-refractivity contribution in [1.29, 1.82) is 0 Å². The van der Waals surface area contributed by atoms with E-state index < -0.39 is 0 Å². The summed E-state index contributed by atoms with van der Waals surface area (Å²) in [6, 6.07) is 16.5. The van der Waals surface area contributed by atoms with Gasteiger partial charge in [-0.1, -0.05) is 6.07 Å². The molecule has 1 heterocycles. The maximum absolute atomic E-state index is 12.1. The van der Waals surface area contributed by atoms with Crippen LogP contribution in [0, 0.1) is 0 Å². The molecule has 6 nitrogen and oxygen atoms in total. The Kier molecular flexibility index (Phi) is 5.31. The Balaban J connectivity index is 1.47. The number of carbonyl (C=O) groups is 1. The van der Waals surface area contributed by atoms with Crippen LogP contribution in [0.25, 0.3) is 5.69 Å². The van der Waals surface area contributed by atoms with Gasteiger partial charge in [-0.2, -0.15) is 5.10 Å². The van der Waals surface area contributed by atoms with Crippen LogP contribution >= 0.6 is 0 Å². The first kappa shape index (κ1) is 16.6. The van der Waals surface area contributed by atoms with Crippen LogP contribution in [-0.4, -0.2) is 35.9 Å². The summed E-state index contributed by atoms with van der Waals surface area (Å²) in [5.41, 5.74) is 1.50. The number of aromatic nitrogens is 2. The van der Waals surface area contributed by atoms with Crippen molar-refractivity contribution in [2.75, 3.05) is 20.3 Å². The summed E-state index contributed by atoms with van der Waals surface area (Å²) in [6.07, 6.45) is 3.56. The average Bonchev–Trinajstić information content (AvgIpc) is 3.20. The predicted octanol–water partition coefficient (Wildman–Crippen LogP) is 2.69. The predicted molar refractivity (Wildman–Crippen MR) is 94.4 cm³/mol. The first-order chi connectivity index (χ1) is 12.3. The van der Waals surface area contributed by atoms with Gasteiger partial charge in [-0.3, -0.25) is 4.79 Å². The van der Waals surface area contributed by atoms with Crippen LogP contribution in [-0.2, 0) is 0 Å². The number of nitrogens with one attached hydrogen (secondary N) is 1. The third kappa shape index (κ3) is 4.38. The zero-order valence-corrected chi connectivity index (χ0v) is 13.9. The molecule has 0 atom stereocenters. The molecule has 0 saturated carbocycles. The normalized spacial score (nSPS) is 10.3. The number of benzene rings is 2. The van der Waals surface area contributed by atoms with Gasteiger partial charge >= 0.3 is 0 Å². The second kappa shape index (κ2) is 8.01. The highest BCUT2D eigenvalue weighted by Gasteiger charge is 2.05. The van der Waals surface area contributed by atoms with Gasteiger partial charge in [0, 0.05) is 24.0 Å². The fraction of sp³-hybridized carbons (Fsp3) is 0.158. The van der Waals surface area contributed by atoms with Gasteiger partial charge in [-0.25, -0.2) is 4.68 Å². The summed E-state index contributed by atoms with van der Waals surface area (Å²) in [5, 5.41) is 6.99. The topological polar surface area (TPSA) is 65.4 Å². The van der Waals surface area contributed by atoms with Crippen molar-refractivity contribution in [3.05, 3.63) is 72.6 Å². The van der Waals surface area contributed by atoms with Crippen molar-refractivity contribution in [1.82, 2.24) is 15.1 Å². The number of hydrogen-bond donors (Lipinski definition) is 1. The fourth-order valence-corrected chi connectivity index (χ4v) is 2.31. The quantitative estimate of drug-likeness (QED) is 0.673. The largest absolute Gasteiger partial charge is 0.497 e. The van der Waals surface area contributed by atoms with Gasteiger partial charge < -0.3 is 14.8 Å². The number of nitrogens with zero attached hydrogens (tertiary/aromatic N) is 2. The van der Waals surface area contributed by atoms with Crippen molar-refractivity contribution in [3.63, 3.8) is 0 Å². The van der Waals surface area contributed by atoms with Gasteiger partial charge in [-0.15, -0.1) is 0 Å². The zero-order chi connectivity index (χ0) is 17.5. The molecule has 3 rings (SSSR count). The van der Waals surface area contributed by atoms with E-state index in [1.54, 1.807) is 36.2 Å². The van der Waals surface area contributed by atoms with E-state index >= 15 is 0 Å².